The van der Waals surface area contributed by atoms with Gasteiger partial charge in [-0.3, -0.25) is 14.5 Å². The second-order valence-electron chi connectivity index (χ2n) is 7.91. The lowest BCUT2D eigenvalue weighted by Gasteiger charge is -2.33. The van der Waals surface area contributed by atoms with Crippen molar-refractivity contribution in [2.75, 3.05) is 24.6 Å². The van der Waals surface area contributed by atoms with E-state index < -0.39 is 0 Å². The number of amides is 2. The molecule has 3 rings (SSSR count). The molecule has 148 valence electrons. The van der Waals surface area contributed by atoms with Crippen LogP contribution in [0.3, 0.4) is 0 Å². The highest BCUT2D eigenvalue weighted by Crippen LogP contribution is 2.29. The minimum atomic E-state index is -0.292. The van der Waals surface area contributed by atoms with E-state index in [1.807, 2.05) is 24.3 Å². The first-order valence-electron chi connectivity index (χ1n) is 10.4. The van der Waals surface area contributed by atoms with Crippen molar-refractivity contribution in [2.24, 2.45) is 5.92 Å². The summed E-state index contributed by atoms with van der Waals surface area (Å²) in [5.41, 5.74) is 0.649. The van der Waals surface area contributed by atoms with Crippen LogP contribution in [0.15, 0.2) is 24.3 Å². The predicted octanol–water partition coefficient (Wildman–Crippen LogP) is 4.01. The standard InChI is InChI=1S/C22H32N2O3/c1-3-4-5-6-15-27-19-9-7-18(8-10-19)24-21(25)16-20(22(24)26)23-13-11-17(2)12-14-23/h7-10,17,20H,3-6,11-16H2,1-2H3/t20-/m1/s1. The summed E-state index contributed by atoms with van der Waals surface area (Å²) in [5, 5.41) is 0. The van der Waals surface area contributed by atoms with Crippen LogP contribution in [0.4, 0.5) is 5.69 Å². The van der Waals surface area contributed by atoms with Crippen LogP contribution in [-0.2, 0) is 9.59 Å². The normalized spacial score (nSPS) is 21.9. The predicted molar refractivity (Wildman–Crippen MR) is 107 cm³/mol. The average Bonchev–Trinajstić information content (AvgIpc) is 2.97. The Morgan fingerprint density at radius 3 is 2.41 bits per heavy atom. The molecule has 5 heteroatoms. The van der Waals surface area contributed by atoms with Gasteiger partial charge in [0.2, 0.25) is 5.91 Å². The van der Waals surface area contributed by atoms with Gasteiger partial charge in [0.1, 0.15) is 5.75 Å². The second kappa shape index (κ2) is 9.36. The number of hydrogen-bond acceptors (Lipinski definition) is 4. The van der Waals surface area contributed by atoms with E-state index in [0.717, 1.165) is 38.1 Å². The van der Waals surface area contributed by atoms with Crippen molar-refractivity contribution < 1.29 is 14.3 Å². The molecule has 2 aliphatic heterocycles. The maximum atomic E-state index is 12.9. The molecule has 0 radical (unpaired) electrons. The minimum Gasteiger partial charge on any atom is -0.494 e. The van der Waals surface area contributed by atoms with E-state index >= 15 is 0 Å². The van der Waals surface area contributed by atoms with Crippen LogP contribution in [0.25, 0.3) is 0 Å². The van der Waals surface area contributed by atoms with E-state index in [1.54, 1.807) is 0 Å². The maximum absolute atomic E-state index is 12.9. The van der Waals surface area contributed by atoms with Crippen molar-refractivity contribution in [2.45, 2.75) is 64.8 Å². The highest BCUT2D eigenvalue weighted by Gasteiger charge is 2.43. The van der Waals surface area contributed by atoms with Gasteiger partial charge in [0.05, 0.1) is 24.8 Å². The lowest BCUT2D eigenvalue weighted by molar-refractivity contribution is -0.123. The molecular formula is C22H32N2O3. The Bertz CT molecular complexity index is 635. The van der Waals surface area contributed by atoms with E-state index in [0.29, 0.717) is 24.6 Å². The summed E-state index contributed by atoms with van der Waals surface area (Å²) in [6.07, 6.45) is 7.17. The zero-order valence-corrected chi connectivity index (χ0v) is 16.7. The number of piperidine rings is 1. The third kappa shape index (κ3) is 4.89. The van der Waals surface area contributed by atoms with Gasteiger partial charge < -0.3 is 4.74 Å². The third-order valence-corrected chi connectivity index (χ3v) is 5.74. The Hall–Kier alpha value is -1.88. The van der Waals surface area contributed by atoms with E-state index in [9.17, 15) is 9.59 Å². The molecule has 0 aliphatic carbocycles. The Balaban J connectivity index is 1.57. The quantitative estimate of drug-likeness (QED) is 0.511. The van der Waals surface area contributed by atoms with Crippen molar-refractivity contribution in [3.8, 4) is 5.75 Å². The first kappa shape index (κ1) is 19.9. The molecule has 0 spiro atoms. The number of unbranched alkanes of at least 4 members (excludes halogenated alkanes) is 3. The van der Waals surface area contributed by atoms with Crippen LogP contribution in [0.5, 0.6) is 5.75 Å². The van der Waals surface area contributed by atoms with Crippen molar-refractivity contribution >= 4 is 17.5 Å². The number of carbonyl (C=O) groups is 2. The van der Waals surface area contributed by atoms with Crippen LogP contribution >= 0.6 is 0 Å². The lowest BCUT2D eigenvalue weighted by Crippen LogP contribution is -2.45. The lowest BCUT2D eigenvalue weighted by atomic mass is 9.97. The van der Waals surface area contributed by atoms with Crippen LogP contribution < -0.4 is 9.64 Å². The molecule has 2 fully saturated rings. The second-order valence-corrected chi connectivity index (χ2v) is 7.91. The molecule has 0 bridgehead atoms. The number of imide groups is 1. The van der Waals surface area contributed by atoms with Gasteiger partial charge in [-0.25, -0.2) is 4.90 Å². The number of carbonyl (C=O) groups excluding carboxylic acids is 2. The van der Waals surface area contributed by atoms with Gasteiger partial charge in [0.25, 0.3) is 5.91 Å². The van der Waals surface area contributed by atoms with Crippen LogP contribution in [0.2, 0.25) is 0 Å². The smallest absolute Gasteiger partial charge is 0.251 e. The number of nitrogens with zero attached hydrogens (tertiary/aromatic N) is 2. The van der Waals surface area contributed by atoms with Crippen molar-refractivity contribution in [1.29, 1.82) is 0 Å². The number of ether oxygens (including phenoxy) is 1. The molecule has 2 aliphatic rings. The van der Waals surface area contributed by atoms with Gasteiger partial charge in [-0.05, 0) is 62.5 Å². The first-order valence-corrected chi connectivity index (χ1v) is 10.4. The Morgan fingerprint density at radius 1 is 1.04 bits per heavy atom. The molecule has 2 heterocycles. The van der Waals surface area contributed by atoms with Crippen LogP contribution in [0, 0.1) is 5.92 Å². The van der Waals surface area contributed by atoms with Crippen LogP contribution in [0.1, 0.15) is 58.8 Å². The molecule has 0 unspecified atom stereocenters. The average molecular weight is 373 g/mol. The van der Waals surface area contributed by atoms with Gasteiger partial charge in [0, 0.05) is 0 Å². The fourth-order valence-corrected chi connectivity index (χ4v) is 3.92. The molecule has 2 saturated heterocycles. The SMILES string of the molecule is CCCCCCOc1ccc(N2C(=O)C[C@@H](N3CCC(C)CC3)C2=O)cc1. The van der Waals surface area contributed by atoms with E-state index in [2.05, 4.69) is 18.7 Å². The van der Waals surface area contributed by atoms with Gasteiger partial charge >= 0.3 is 0 Å². The summed E-state index contributed by atoms with van der Waals surface area (Å²) in [5.74, 6) is 1.31. The molecule has 1 aromatic carbocycles. The molecule has 0 aromatic heterocycles. The summed E-state index contributed by atoms with van der Waals surface area (Å²) in [7, 11) is 0. The highest BCUT2D eigenvalue weighted by molar-refractivity contribution is 6.22. The van der Waals surface area contributed by atoms with E-state index in [-0.39, 0.29) is 17.9 Å². The number of hydrogen-bond donors (Lipinski definition) is 0. The highest BCUT2D eigenvalue weighted by atomic mass is 16.5. The van der Waals surface area contributed by atoms with E-state index in [1.165, 1.54) is 24.2 Å². The number of likely N-dealkylation sites (tertiary alicyclic amines) is 1. The van der Waals surface area contributed by atoms with Crippen LogP contribution in [-0.4, -0.2) is 42.5 Å². The summed E-state index contributed by atoms with van der Waals surface area (Å²) in [6, 6.07) is 7.05. The van der Waals surface area contributed by atoms with Gasteiger partial charge in [0.15, 0.2) is 0 Å². The van der Waals surface area contributed by atoms with Crippen molar-refractivity contribution in [3.63, 3.8) is 0 Å². The fourth-order valence-electron chi connectivity index (χ4n) is 3.92. The summed E-state index contributed by atoms with van der Waals surface area (Å²) >= 11 is 0. The monoisotopic (exact) mass is 372 g/mol. The molecule has 0 saturated carbocycles. The maximum Gasteiger partial charge on any atom is 0.251 e. The summed E-state index contributed by atoms with van der Waals surface area (Å²) in [4.78, 5) is 28.9. The Morgan fingerprint density at radius 2 is 1.74 bits per heavy atom. The minimum absolute atomic E-state index is 0.0808. The molecule has 5 nitrogen and oxygen atoms in total. The summed E-state index contributed by atoms with van der Waals surface area (Å²) < 4.78 is 5.75. The largest absolute Gasteiger partial charge is 0.494 e. The zero-order chi connectivity index (χ0) is 19.2. The van der Waals surface area contributed by atoms with Crippen molar-refractivity contribution in [3.05, 3.63) is 24.3 Å². The topological polar surface area (TPSA) is 49.9 Å². The fraction of sp³-hybridized carbons (Fsp3) is 0.636. The molecule has 2 amide bonds. The van der Waals surface area contributed by atoms with E-state index in [4.69, 9.17) is 4.74 Å². The molecule has 1 aromatic rings. The Kier molecular flexibility index (Phi) is 6.89. The van der Waals surface area contributed by atoms with Gasteiger partial charge in [-0.1, -0.05) is 33.1 Å². The number of rotatable bonds is 8. The number of anilines is 1. The molecule has 1 atom stereocenters. The molecule has 27 heavy (non-hydrogen) atoms. The number of benzene rings is 1. The molecule has 0 N–H and O–H groups in total. The van der Waals surface area contributed by atoms with Crippen molar-refractivity contribution in [1.82, 2.24) is 4.90 Å². The molecular weight excluding hydrogens is 340 g/mol. The first-order chi connectivity index (χ1) is 13.1. The third-order valence-electron chi connectivity index (χ3n) is 5.74. The van der Waals surface area contributed by atoms with Gasteiger partial charge in [-0.15, -0.1) is 0 Å². The van der Waals surface area contributed by atoms with Gasteiger partial charge in [-0.2, -0.15) is 0 Å². The summed E-state index contributed by atoms with van der Waals surface area (Å²) in [6.45, 7) is 6.96. The Labute approximate surface area is 162 Å². The zero-order valence-electron chi connectivity index (χ0n) is 16.7.